The van der Waals surface area contributed by atoms with Gasteiger partial charge in [0.25, 0.3) is 0 Å². The molecule has 158 valence electrons. The molecule has 1 aliphatic rings. The fourth-order valence-corrected chi connectivity index (χ4v) is 3.26. The predicted molar refractivity (Wildman–Crippen MR) is 96.8 cm³/mol. The van der Waals surface area contributed by atoms with Gasteiger partial charge in [-0.1, -0.05) is 18.6 Å². The predicted octanol–water partition coefficient (Wildman–Crippen LogP) is 5.29. The van der Waals surface area contributed by atoms with Gasteiger partial charge in [0.2, 0.25) is 0 Å². The van der Waals surface area contributed by atoms with Crippen LogP contribution >= 0.6 is 24.8 Å². The highest BCUT2D eigenvalue weighted by Crippen LogP contribution is 2.39. The van der Waals surface area contributed by atoms with Crippen molar-refractivity contribution in [3.8, 4) is 0 Å². The first-order valence-electron chi connectivity index (χ1n) is 8.08. The number of pyridine rings is 1. The molecular weight excluding hydrogens is 433 g/mol. The molecular formula is C17H18Cl2F6N2O. The number of aromatic nitrogens is 1. The summed E-state index contributed by atoms with van der Waals surface area (Å²) in [5.74, 6) is 0. The smallest absolute Gasteiger partial charge is 0.387 e. The summed E-state index contributed by atoms with van der Waals surface area (Å²) >= 11 is 0. The van der Waals surface area contributed by atoms with Gasteiger partial charge < -0.3 is 10.4 Å². The quantitative estimate of drug-likeness (QED) is 0.610. The van der Waals surface area contributed by atoms with E-state index >= 15 is 0 Å². The summed E-state index contributed by atoms with van der Waals surface area (Å²) < 4.78 is 79.3. The Kier molecular flexibility index (Phi) is 7.98. The standard InChI is InChI=1S/C17H16F6N2O.2ClH/c18-16(19,20)11-5-3-4-9-10(15(26)12-6-1-2-7-24-12)8-13(17(21,22)23)25-14(9)11;;/h3-5,8,12,15,24,26H,1-2,6-7H2;2*1H/t12-,15+;;/m1../s1. The Morgan fingerprint density at radius 3 is 2.25 bits per heavy atom. The average Bonchev–Trinajstić information content (AvgIpc) is 2.58. The SMILES string of the molecule is Cl.Cl.O[C@@H](c1cc(C(F)(F)F)nc2c(C(F)(F)F)cccc12)[C@H]1CCCCN1. The highest BCUT2D eigenvalue weighted by atomic mass is 35.5. The molecule has 0 unspecified atom stereocenters. The van der Waals surface area contributed by atoms with E-state index in [0.29, 0.717) is 25.1 Å². The molecule has 0 spiro atoms. The van der Waals surface area contributed by atoms with E-state index in [-0.39, 0.29) is 35.8 Å². The van der Waals surface area contributed by atoms with Gasteiger partial charge >= 0.3 is 12.4 Å². The summed E-state index contributed by atoms with van der Waals surface area (Å²) in [4.78, 5) is 3.22. The average molecular weight is 451 g/mol. The molecule has 0 bridgehead atoms. The topological polar surface area (TPSA) is 45.2 Å². The maximum atomic E-state index is 13.2. The van der Waals surface area contributed by atoms with Gasteiger partial charge in [-0.3, -0.25) is 0 Å². The number of aliphatic hydroxyl groups is 1. The number of aliphatic hydroxyl groups excluding tert-OH is 1. The van der Waals surface area contributed by atoms with Crippen molar-refractivity contribution in [2.24, 2.45) is 0 Å². The lowest BCUT2D eigenvalue weighted by atomic mass is 9.91. The molecule has 3 nitrogen and oxygen atoms in total. The maximum absolute atomic E-state index is 13.2. The molecule has 0 saturated carbocycles. The van der Waals surface area contributed by atoms with Gasteiger partial charge in [0.1, 0.15) is 5.69 Å². The molecule has 2 N–H and O–H groups in total. The van der Waals surface area contributed by atoms with Gasteiger partial charge in [-0.2, -0.15) is 26.3 Å². The van der Waals surface area contributed by atoms with Crippen LogP contribution in [-0.4, -0.2) is 22.7 Å². The van der Waals surface area contributed by atoms with Crippen LogP contribution in [0.15, 0.2) is 24.3 Å². The van der Waals surface area contributed by atoms with Gasteiger partial charge in [0, 0.05) is 11.4 Å². The van der Waals surface area contributed by atoms with Gasteiger partial charge in [-0.25, -0.2) is 4.98 Å². The molecule has 1 aromatic carbocycles. The van der Waals surface area contributed by atoms with Gasteiger partial charge in [0.05, 0.1) is 17.2 Å². The van der Waals surface area contributed by atoms with E-state index < -0.39 is 41.3 Å². The molecule has 28 heavy (non-hydrogen) atoms. The molecule has 2 heterocycles. The first-order chi connectivity index (χ1) is 12.1. The number of alkyl halides is 6. The van der Waals surface area contributed by atoms with E-state index in [1.807, 2.05) is 0 Å². The lowest BCUT2D eigenvalue weighted by molar-refractivity contribution is -0.142. The number of rotatable bonds is 2. The lowest BCUT2D eigenvalue weighted by Crippen LogP contribution is -2.39. The first kappa shape index (κ1) is 24.7. The van der Waals surface area contributed by atoms with Crippen LogP contribution in [0.4, 0.5) is 26.3 Å². The third-order valence-corrected chi connectivity index (χ3v) is 4.52. The molecule has 2 atom stereocenters. The molecule has 1 aromatic heterocycles. The van der Waals surface area contributed by atoms with Crippen LogP contribution in [0.2, 0.25) is 0 Å². The molecule has 3 rings (SSSR count). The number of para-hydroxylation sites is 1. The van der Waals surface area contributed by atoms with Crippen molar-refractivity contribution in [1.29, 1.82) is 0 Å². The second-order valence-corrected chi connectivity index (χ2v) is 6.30. The summed E-state index contributed by atoms with van der Waals surface area (Å²) in [5, 5.41) is 13.5. The maximum Gasteiger partial charge on any atom is 0.433 e. The van der Waals surface area contributed by atoms with E-state index in [9.17, 15) is 31.4 Å². The zero-order valence-electron chi connectivity index (χ0n) is 14.3. The van der Waals surface area contributed by atoms with Gasteiger partial charge in [0.15, 0.2) is 0 Å². The third-order valence-electron chi connectivity index (χ3n) is 4.52. The Labute approximate surface area is 169 Å². The van der Waals surface area contributed by atoms with Crippen LogP contribution < -0.4 is 5.32 Å². The number of halogens is 8. The molecule has 11 heteroatoms. The molecule has 0 aliphatic carbocycles. The Bertz CT molecular complexity index is 807. The second kappa shape index (κ2) is 9.02. The molecule has 0 amide bonds. The van der Waals surface area contributed by atoms with E-state index in [1.165, 1.54) is 6.07 Å². The van der Waals surface area contributed by atoms with Crippen molar-refractivity contribution in [2.75, 3.05) is 6.54 Å². The number of hydrogen-bond acceptors (Lipinski definition) is 3. The van der Waals surface area contributed by atoms with Crippen LogP contribution in [0.3, 0.4) is 0 Å². The summed E-state index contributed by atoms with van der Waals surface area (Å²) in [6, 6.07) is 3.16. The van der Waals surface area contributed by atoms with Gasteiger partial charge in [-0.15, -0.1) is 24.8 Å². The van der Waals surface area contributed by atoms with Crippen LogP contribution in [0.1, 0.15) is 42.2 Å². The van der Waals surface area contributed by atoms with Crippen molar-refractivity contribution in [2.45, 2.75) is 43.8 Å². The van der Waals surface area contributed by atoms with E-state index in [4.69, 9.17) is 0 Å². The summed E-state index contributed by atoms with van der Waals surface area (Å²) in [6.45, 7) is 0.588. The minimum absolute atomic E-state index is 0. The fourth-order valence-electron chi connectivity index (χ4n) is 3.26. The summed E-state index contributed by atoms with van der Waals surface area (Å²) in [6.07, 6.45) is -9.00. The Hall–Kier alpha value is -1.29. The van der Waals surface area contributed by atoms with Crippen LogP contribution in [-0.2, 0) is 12.4 Å². The van der Waals surface area contributed by atoms with Crippen molar-refractivity contribution < 1.29 is 31.4 Å². The van der Waals surface area contributed by atoms with Crippen molar-refractivity contribution in [1.82, 2.24) is 10.3 Å². The number of nitrogens with zero attached hydrogens (tertiary/aromatic N) is 1. The van der Waals surface area contributed by atoms with E-state index in [2.05, 4.69) is 10.3 Å². The molecule has 1 fully saturated rings. The summed E-state index contributed by atoms with van der Waals surface area (Å²) in [5.41, 5.74) is -3.72. The number of fused-ring (bicyclic) bond motifs is 1. The second-order valence-electron chi connectivity index (χ2n) is 6.30. The third kappa shape index (κ3) is 5.00. The zero-order valence-corrected chi connectivity index (χ0v) is 15.9. The normalized spacial score (nSPS) is 18.9. The number of benzene rings is 1. The van der Waals surface area contributed by atoms with E-state index in [0.717, 1.165) is 18.9 Å². The molecule has 1 aliphatic heterocycles. The molecule has 0 radical (unpaired) electrons. The monoisotopic (exact) mass is 450 g/mol. The zero-order chi connectivity index (χ0) is 19.1. The summed E-state index contributed by atoms with van der Waals surface area (Å²) in [7, 11) is 0. The Morgan fingerprint density at radius 1 is 1.04 bits per heavy atom. The van der Waals surface area contributed by atoms with E-state index in [1.54, 1.807) is 0 Å². The minimum Gasteiger partial charge on any atom is -0.387 e. The van der Waals surface area contributed by atoms with Crippen LogP contribution in [0.5, 0.6) is 0 Å². The van der Waals surface area contributed by atoms with Crippen LogP contribution in [0, 0.1) is 0 Å². The van der Waals surface area contributed by atoms with Crippen molar-refractivity contribution in [3.63, 3.8) is 0 Å². The molecule has 2 aromatic rings. The molecule has 1 saturated heterocycles. The highest BCUT2D eigenvalue weighted by molar-refractivity contribution is 5.86. The number of hydrogen-bond donors (Lipinski definition) is 2. The van der Waals surface area contributed by atoms with Crippen molar-refractivity contribution in [3.05, 3.63) is 41.1 Å². The minimum atomic E-state index is -4.93. The highest BCUT2D eigenvalue weighted by Gasteiger charge is 2.38. The Balaban J connectivity index is 0.00000196. The Morgan fingerprint density at radius 2 is 1.71 bits per heavy atom. The lowest BCUT2D eigenvalue weighted by Gasteiger charge is -2.29. The van der Waals surface area contributed by atoms with Crippen molar-refractivity contribution >= 4 is 35.7 Å². The largest absolute Gasteiger partial charge is 0.433 e. The number of nitrogens with one attached hydrogen (secondary N) is 1. The van der Waals surface area contributed by atoms with Crippen LogP contribution in [0.25, 0.3) is 10.9 Å². The van der Waals surface area contributed by atoms with Gasteiger partial charge in [-0.05, 0) is 37.1 Å². The first-order valence-corrected chi connectivity index (χ1v) is 8.08. The number of piperidine rings is 1. The fraction of sp³-hybridized carbons (Fsp3) is 0.471.